The molecule has 2 saturated carbocycles. The lowest BCUT2D eigenvalue weighted by Crippen LogP contribution is -2.33. The van der Waals surface area contributed by atoms with Crippen LogP contribution < -0.4 is 0 Å². The molecule has 0 aliphatic heterocycles. The molecule has 3 nitrogen and oxygen atoms in total. The van der Waals surface area contributed by atoms with E-state index in [4.69, 9.17) is 5.53 Å². The van der Waals surface area contributed by atoms with E-state index in [1.54, 1.807) is 0 Å². The van der Waals surface area contributed by atoms with E-state index >= 15 is 0 Å². The van der Waals surface area contributed by atoms with Crippen LogP contribution in [0.3, 0.4) is 0 Å². The Morgan fingerprint density at radius 3 is 2.38 bits per heavy atom. The topological polar surface area (TPSA) is 53.5 Å². The maximum atomic E-state index is 11.8. The van der Waals surface area contributed by atoms with Crippen molar-refractivity contribution in [2.24, 2.45) is 16.7 Å². The van der Waals surface area contributed by atoms with E-state index in [0.29, 0.717) is 5.71 Å². The molecule has 3 heteroatoms. The Morgan fingerprint density at radius 2 is 2.08 bits per heavy atom. The van der Waals surface area contributed by atoms with Gasteiger partial charge in [0, 0.05) is 5.41 Å². The van der Waals surface area contributed by atoms with Crippen LogP contribution in [-0.4, -0.2) is 16.3 Å². The van der Waals surface area contributed by atoms with Gasteiger partial charge in [-0.2, -0.15) is 4.79 Å². The number of hydrogen-bond donors (Lipinski definition) is 0. The molecule has 2 atom stereocenters. The fourth-order valence-corrected chi connectivity index (χ4v) is 2.94. The molecular formula is C10H14N2O. The van der Waals surface area contributed by atoms with Crippen LogP contribution in [0.5, 0.6) is 0 Å². The molecule has 0 spiro atoms. The maximum Gasteiger partial charge on any atom is 0.338 e. The molecule has 13 heavy (non-hydrogen) atoms. The monoisotopic (exact) mass is 178 g/mol. The van der Waals surface area contributed by atoms with Crippen LogP contribution >= 0.6 is 0 Å². The van der Waals surface area contributed by atoms with Gasteiger partial charge in [0.25, 0.3) is 0 Å². The molecule has 0 aromatic heterocycles. The van der Waals surface area contributed by atoms with Gasteiger partial charge in [0.2, 0.25) is 5.78 Å². The first-order valence-electron chi connectivity index (χ1n) is 4.72. The minimum atomic E-state index is -0.292. The number of nitrogens with zero attached hydrogens (tertiary/aromatic N) is 2. The van der Waals surface area contributed by atoms with Crippen LogP contribution in [0.2, 0.25) is 0 Å². The molecule has 2 bridgehead atoms. The SMILES string of the molecule is CC1(C)[C@H]2CC[C@]1(C)C(=O)C2=[N+]=[N-]. The summed E-state index contributed by atoms with van der Waals surface area (Å²) in [5.74, 6) is 0.214. The molecule has 0 saturated heterocycles. The average molecular weight is 178 g/mol. The number of rotatable bonds is 0. The summed E-state index contributed by atoms with van der Waals surface area (Å²) in [4.78, 5) is 15.0. The Bertz CT molecular complexity index is 339. The summed E-state index contributed by atoms with van der Waals surface area (Å²) in [5, 5.41) is 0. The van der Waals surface area contributed by atoms with Gasteiger partial charge in [-0.1, -0.05) is 20.8 Å². The van der Waals surface area contributed by atoms with E-state index in [2.05, 4.69) is 18.6 Å². The predicted octanol–water partition coefficient (Wildman–Crippen LogP) is 1.68. The largest absolute Gasteiger partial charge is 0.361 e. The van der Waals surface area contributed by atoms with Crippen LogP contribution in [0.15, 0.2) is 0 Å². The van der Waals surface area contributed by atoms with Gasteiger partial charge in [0.05, 0.1) is 5.92 Å². The second-order valence-corrected chi connectivity index (χ2v) is 4.96. The van der Waals surface area contributed by atoms with Crippen molar-refractivity contribution in [3.8, 4) is 0 Å². The second-order valence-electron chi connectivity index (χ2n) is 4.96. The van der Waals surface area contributed by atoms with Gasteiger partial charge in [-0.15, -0.1) is 0 Å². The Labute approximate surface area is 77.8 Å². The minimum absolute atomic E-state index is 0.0361. The lowest BCUT2D eigenvalue weighted by molar-refractivity contribution is -0.126. The van der Waals surface area contributed by atoms with Crippen molar-refractivity contribution in [2.75, 3.05) is 0 Å². The highest BCUT2D eigenvalue weighted by atomic mass is 16.1. The third-order valence-electron chi connectivity index (χ3n) is 4.40. The molecular weight excluding hydrogens is 164 g/mol. The van der Waals surface area contributed by atoms with Gasteiger partial charge in [-0.05, 0) is 18.3 Å². The third kappa shape index (κ3) is 0.696. The van der Waals surface area contributed by atoms with Crippen LogP contribution in [0.4, 0.5) is 0 Å². The van der Waals surface area contributed by atoms with E-state index in [9.17, 15) is 4.79 Å². The molecule has 2 fully saturated rings. The third-order valence-corrected chi connectivity index (χ3v) is 4.40. The van der Waals surface area contributed by atoms with Crippen molar-refractivity contribution in [3.63, 3.8) is 0 Å². The first-order valence-corrected chi connectivity index (χ1v) is 4.72. The Hall–Kier alpha value is -0.950. The minimum Gasteiger partial charge on any atom is -0.361 e. The molecule has 2 aliphatic carbocycles. The lowest BCUT2D eigenvalue weighted by Gasteiger charge is -2.30. The summed E-state index contributed by atoms with van der Waals surface area (Å²) in [6.45, 7) is 6.19. The first kappa shape index (κ1) is 8.64. The van der Waals surface area contributed by atoms with Crippen molar-refractivity contribution >= 4 is 11.5 Å². The lowest BCUT2D eigenvalue weighted by atomic mass is 9.70. The standard InChI is InChI=1S/C10H14N2O/c1-9(2)6-4-5-10(9,3)8(13)7(6)12-11/h6H,4-5H2,1-3H3/t6-,10+/m0/s1. The summed E-state index contributed by atoms with van der Waals surface area (Å²) >= 11 is 0. The number of ketones is 1. The van der Waals surface area contributed by atoms with E-state index in [1.165, 1.54) is 0 Å². The number of Topliss-reactive ketones (excluding diaryl/α,β-unsaturated/α-hetero) is 1. The fraction of sp³-hybridized carbons (Fsp3) is 0.800. The highest BCUT2D eigenvalue weighted by Crippen LogP contribution is 2.61. The highest BCUT2D eigenvalue weighted by Gasteiger charge is 2.69. The van der Waals surface area contributed by atoms with Gasteiger partial charge in [-0.3, -0.25) is 4.79 Å². The van der Waals surface area contributed by atoms with Crippen LogP contribution in [0.25, 0.3) is 5.53 Å². The molecule has 0 aromatic carbocycles. The summed E-state index contributed by atoms with van der Waals surface area (Å²) in [6, 6.07) is 0. The zero-order valence-electron chi connectivity index (χ0n) is 8.29. The van der Waals surface area contributed by atoms with Gasteiger partial charge in [0.15, 0.2) is 0 Å². The molecule has 0 N–H and O–H groups in total. The Balaban J connectivity index is 2.64. The van der Waals surface area contributed by atoms with Crippen LogP contribution in [-0.2, 0) is 4.79 Å². The van der Waals surface area contributed by atoms with Gasteiger partial charge in [0.1, 0.15) is 0 Å². The molecule has 2 rings (SSSR count). The quantitative estimate of drug-likeness (QED) is 0.411. The normalized spacial score (nSPS) is 41.0. The van der Waals surface area contributed by atoms with E-state index in [-0.39, 0.29) is 22.5 Å². The molecule has 0 aromatic rings. The van der Waals surface area contributed by atoms with E-state index in [0.717, 1.165) is 12.8 Å². The number of carbonyl (C=O) groups excluding carboxylic acids is 1. The molecule has 0 radical (unpaired) electrons. The van der Waals surface area contributed by atoms with Gasteiger partial charge in [-0.25, -0.2) is 0 Å². The Kier molecular flexibility index (Phi) is 1.40. The van der Waals surface area contributed by atoms with Crippen molar-refractivity contribution < 1.29 is 9.58 Å². The number of hydrogen-bond acceptors (Lipinski definition) is 1. The summed E-state index contributed by atoms with van der Waals surface area (Å²) in [5.41, 5.74) is 8.85. The molecule has 70 valence electrons. The zero-order valence-corrected chi connectivity index (χ0v) is 8.29. The summed E-state index contributed by atoms with van der Waals surface area (Å²) in [6.07, 6.45) is 1.91. The fourth-order valence-electron chi connectivity index (χ4n) is 2.94. The van der Waals surface area contributed by atoms with E-state index < -0.39 is 0 Å². The molecule has 0 heterocycles. The molecule has 2 aliphatic rings. The second kappa shape index (κ2) is 2.10. The predicted molar refractivity (Wildman–Crippen MR) is 48.2 cm³/mol. The average Bonchev–Trinajstić information content (AvgIpc) is 2.36. The van der Waals surface area contributed by atoms with Crippen LogP contribution in [0.1, 0.15) is 33.6 Å². The van der Waals surface area contributed by atoms with Crippen molar-refractivity contribution in [1.82, 2.24) is 0 Å². The Morgan fingerprint density at radius 1 is 1.46 bits per heavy atom. The zero-order chi connectivity index (χ0) is 9.85. The maximum absolute atomic E-state index is 11.8. The summed E-state index contributed by atoms with van der Waals surface area (Å²) < 4.78 is 0. The van der Waals surface area contributed by atoms with E-state index in [1.807, 2.05) is 6.92 Å². The number of fused-ring (bicyclic) bond motifs is 2. The van der Waals surface area contributed by atoms with Gasteiger partial charge < -0.3 is 5.53 Å². The molecule has 0 amide bonds. The summed E-state index contributed by atoms with van der Waals surface area (Å²) in [7, 11) is 0. The van der Waals surface area contributed by atoms with Crippen molar-refractivity contribution in [2.45, 2.75) is 33.6 Å². The highest BCUT2D eigenvalue weighted by molar-refractivity contribution is 6.43. The van der Waals surface area contributed by atoms with Crippen molar-refractivity contribution in [1.29, 1.82) is 0 Å². The smallest absolute Gasteiger partial charge is 0.338 e. The van der Waals surface area contributed by atoms with Gasteiger partial charge >= 0.3 is 5.71 Å². The van der Waals surface area contributed by atoms with Crippen molar-refractivity contribution in [3.05, 3.63) is 5.53 Å². The first-order chi connectivity index (χ1) is 5.95. The molecule has 0 unspecified atom stereocenters. The van der Waals surface area contributed by atoms with Crippen LogP contribution in [0, 0.1) is 16.7 Å². The number of carbonyl (C=O) groups is 1.